The zero-order valence-corrected chi connectivity index (χ0v) is 12.1. The quantitative estimate of drug-likeness (QED) is 0.439. The van der Waals surface area contributed by atoms with Gasteiger partial charge in [0.2, 0.25) is 0 Å². The average molecular weight is 303 g/mol. The van der Waals surface area contributed by atoms with Crippen LogP contribution in [0.5, 0.6) is 0 Å². The highest BCUT2D eigenvalue weighted by Crippen LogP contribution is 2.49. The van der Waals surface area contributed by atoms with E-state index in [4.69, 9.17) is 0 Å². The van der Waals surface area contributed by atoms with Gasteiger partial charge in [0.05, 0.1) is 16.3 Å². The Morgan fingerprint density at radius 3 is 2.18 bits per heavy atom. The average Bonchev–Trinajstić information content (AvgIpc) is 2.61. The van der Waals surface area contributed by atoms with E-state index in [-0.39, 0.29) is 0 Å². The van der Waals surface area contributed by atoms with Crippen molar-refractivity contribution in [2.75, 3.05) is 5.32 Å². The highest BCUT2D eigenvalue weighted by atomic mass is 32.2. The highest BCUT2D eigenvalue weighted by molar-refractivity contribution is 8.00. The van der Waals surface area contributed by atoms with Gasteiger partial charge in [0, 0.05) is 29.7 Å². The molecule has 1 aliphatic heterocycles. The largest absolute Gasteiger partial charge is 0.352 e. The maximum atomic E-state index is 4.53. The fraction of sp³-hybridized carbons (Fsp3) is 0. The molecule has 0 fully saturated rings. The fourth-order valence-electron chi connectivity index (χ4n) is 2.72. The van der Waals surface area contributed by atoms with E-state index in [0.29, 0.717) is 0 Å². The Hall–Kier alpha value is -2.73. The molecule has 0 atom stereocenters. The number of benzene rings is 2. The molecule has 0 saturated carbocycles. The maximum absolute atomic E-state index is 4.53. The summed E-state index contributed by atoms with van der Waals surface area (Å²) < 4.78 is 0. The summed E-state index contributed by atoms with van der Waals surface area (Å²) in [5.41, 5.74) is 5.29. The molecule has 2 aromatic heterocycles. The zero-order chi connectivity index (χ0) is 14.5. The first-order valence-corrected chi connectivity index (χ1v) is 7.65. The molecular formula is C16H9N5S. The molecule has 0 aliphatic carbocycles. The summed E-state index contributed by atoms with van der Waals surface area (Å²) in [4.78, 5) is 20.2. The molecular weight excluding hydrogens is 294 g/mol. The Kier molecular flexibility index (Phi) is 2.37. The van der Waals surface area contributed by atoms with Crippen LogP contribution >= 0.6 is 11.8 Å². The molecule has 2 aromatic carbocycles. The molecule has 0 spiro atoms. The SMILES string of the molecule is c1ccc2c(c1)Nc1c(c3nccnc3c3nccnc13)S2. The second kappa shape index (κ2) is 4.38. The van der Waals surface area contributed by atoms with Crippen molar-refractivity contribution >= 4 is 45.2 Å². The monoisotopic (exact) mass is 303 g/mol. The van der Waals surface area contributed by atoms with Crippen LogP contribution in [-0.2, 0) is 0 Å². The first-order chi connectivity index (χ1) is 10.9. The van der Waals surface area contributed by atoms with Crippen LogP contribution in [0, 0.1) is 0 Å². The van der Waals surface area contributed by atoms with Crippen molar-refractivity contribution in [2.24, 2.45) is 0 Å². The van der Waals surface area contributed by atoms with Gasteiger partial charge in [-0.25, -0.2) is 0 Å². The van der Waals surface area contributed by atoms with E-state index < -0.39 is 0 Å². The molecule has 3 heterocycles. The lowest BCUT2D eigenvalue weighted by Crippen LogP contribution is -2.04. The summed E-state index contributed by atoms with van der Waals surface area (Å²) >= 11 is 1.69. The van der Waals surface area contributed by atoms with Gasteiger partial charge in [-0.05, 0) is 12.1 Å². The smallest absolute Gasteiger partial charge is 0.119 e. The Balaban J connectivity index is 1.94. The van der Waals surface area contributed by atoms with Crippen molar-refractivity contribution < 1.29 is 0 Å². The topological polar surface area (TPSA) is 63.6 Å². The number of nitrogens with zero attached hydrogens (tertiary/aromatic N) is 4. The molecule has 0 unspecified atom stereocenters. The fourth-order valence-corrected chi connectivity index (χ4v) is 3.81. The van der Waals surface area contributed by atoms with E-state index in [0.717, 1.165) is 38.3 Å². The summed E-state index contributed by atoms with van der Waals surface area (Å²) in [5, 5.41) is 3.48. The molecule has 5 nitrogen and oxygen atoms in total. The van der Waals surface area contributed by atoms with E-state index in [1.807, 2.05) is 12.1 Å². The predicted molar refractivity (Wildman–Crippen MR) is 86.5 cm³/mol. The molecule has 6 heteroatoms. The van der Waals surface area contributed by atoms with Crippen molar-refractivity contribution in [3.05, 3.63) is 49.1 Å². The van der Waals surface area contributed by atoms with Crippen LogP contribution in [0.15, 0.2) is 58.8 Å². The van der Waals surface area contributed by atoms with Gasteiger partial charge in [0.25, 0.3) is 0 Å². The lowest BCUT2D eigenvalue weighted by atomic mass is 10.2. The van der Waals surface area contributed by atoms with E-state index >= 15 is 0 Å². The van der Waals surface area contributed by atoms with Gasteiger partial charge in [-0.1, -0.05) is 23.9 Å². The minimum absolute atomic E-state index is 0.775. The van der Waals surface area contributed by atoms with Gasteiger partial charge < -0.3 is 5.32 Å². The number of aromatic nitrogens is 4. The standard InChI is InChI=1S/C16H9N5S/c1-2-4-10-9(3-1)21-15-13-11(17-5-6-19-13)12-14(16(15)22-10)20-8-7-18-12/h1-8,21H. The van der Waals surface area contributed by atoms with Crippen molar-refractivity contribution in [1.29, 1.82) is 0 Å². The Morgan fingerprint density at radius 1 is 0.727 bits per heavy atom. The number of hydrogen-bond donors (Lipinski definition) is 1. The van der Waals surface area contributed by atoms with Gasteiger partial charge in [-0.15, -0.1) is 0 Å². The van der Waals surface area contributed by atoms with Crippen LogP contribution in [0.25, 0.3) is 22.1 Å². The minimum atomic E-state index is 0.775. The second-order valence-corrected chi connectivity index (χ2v) is 5.99. The van der Waals surface area contributed by atoms with Crippen molar-refractivity contribution in [2.45, 2.75) is 9.79 Å². The molecule has 1 N–H and O–H groups in total. The van der Waals surface area contributed by atoms with E-state index in [1.54, 1.807) is 36.5 Å². The first-order valence-electron chi connectivity index (χ1n) is 6.83. The van der Waals surface area contributed by atoms with Crippen LogP contribution < -0.4 is 5.32 Å². The lowest BCUT2D eigenvalue weighted by Gasteiger charge is -2.22. The molecule has 1 aliphatic rings. The van der Waals surface area contributed by atoms with Crippen LogP contribution in [0.1, 0.15) is 0 Å². The summed E-state index contributed by atoms with van der Waals surface area (Å²) in [5.74, 6) is 0. The third kappa shape index (κ3) is 1.55. The normalized spacial score (nSPS) is 12.7. The van der Waals surface area contributed by atoms with E-state index in [2.05, 4.69) is 37.4 Å². The van der Waals surface area contributed by atoms with Crippen LogP contribution in [0.4, 0.5) is 11.4 Å². The molecule has 22 heavy (non-hydrogen) atoms. The number of hydrogen-bond acceptors (Lipinski definition) is 6. The van der Waals surface area contributed by atoms with Crippen molar-refractivity contribution in [3.8, 4) is 0 Å². The maximum Gasteiger partial charge on any atom is 0.119 e. The summed E-state index contributed by atoms with van der Waals surface area (Å²) in [6, 6.07) is 8.21. The molecule has 5 rings (SSSR count). The Labute approximate surface area is 129 Å². The zero-order valence-electron chi connectivity index (χ0n) is 11.3. The number of nitrogens with one attached hydrogen (secondary N) is 1. The Morgan fingerprint density at radius 2 is 1.36 bits per heavy atom. The number of rotatable bonds is 0. The summed E-state index contributed by atoms with van der Waals surface area (Å²) in [6.45, 7) is 0. The summed E-state index contributed by atoms with van der Waals surface area (Å²) in [6.07, 6.45) is 6.80. The third-order valence-corrected chi connectivity index (χ3v) is 4.84. The molecule has 4 aromatic rings. The highest BCUT2D eigenvalue weighted by Gasteiger charge is 2.23. The second-order valence-electron chi connectivity index (χ2n) is 4.93. The van der Waals surface area contributed by atoms with Gasteiger partial charge in [0.15, 0.2) is 0 Å². The molecule has 0 saturated heterocycles. The van der Waals surface area contributed by atoms with Crippen LogP contribution in [-0.4, -0.2) is 19.9 Å². The summed E-state index contributed by atoms with van der Waals surface area (Å²) in [7, 11) is 0. The van der Waals surface area contributed by atoms with E-state index in [9.17, 15) is 0 Å². The first kappa shape index (κ1) is 11.9. The number of fused-ring (bicyclic) bond motifs is 7. The van der Waals surface area contributed by atoms with Crippen LogP contribution in [0.2, 0.25) is 0 Å². The molecule has 0 amide bonds. The third-order valence-electron chi connectivity index (χ3n) is 3.66. The Bertz CT molecular complexity index is 963. The van der Waals surface area contributed by atoms with Crippen LogP contribution in [0.3, 0.4) is 0 Å². The number of para-hydroxylation sites is 1. The van der Waals surface area contributed by atoms with Gasteiger partial charge in [-0.2, -0.15) is 0 Å². The van der Waals surface area contributed by atoms with Crippen molar-refractivity contribution in [1.82, 2.24) is 19.9 Å². The van der Waals surface area contributed by atoms with Crippen molar-refractivity contribution in [3.63, 3.8) is 0 Å². The van der Waals surface area contributed by atoms with Gasteiger partial charge >= 0.3 is 0 Å². The number of anilines is 2. The van der Waals surface area contributed by atoms with E-state index in [1.165, 1.54) is 4.90 Å². The van der Waals surface area contributed by atoms with Gasteiger partial charge in [0.1, 0.15) is 22.1 Å². The lowest BCUT2D eigenvalue weighted by molar-refractivity contribution is 1.22. The molecule has 0 radical (unpaired) electrons. The minimum Gasteiger partial charge on any atom is -0.352 e. The molecule has 104 valence electrons. The predicted octanol–water partition coefficient (Wildman–Crippen LogP) is 3.78. The van der Waals surface area contributed by atoms with Gasteiger partial charge in [-0.3, -0.25) is 19.9 Å². The molecule has 0 bridgehead atoms.